The van der Waals surface area contributed by atoms with Gasteiger partial charge in [-0.05, 0) is 25.2 Å². The zero-order chi connectivity index (χ0) is 11.1. The number of rotatable bonds is 5. The largest absolute Gasteiger partial charge is 0.465 e. The van der Waals surface area contributed by atoms with Crippen LogP contribution in [0.25, 0.3) is 0 Å². The first kappa shape index (κ1) is 13.0. The summed E-state index contributed by atoms with van der Waals surface area (Å²) in [4.78, 5) is 11.4. The second-order valence-electron chi connectivity index (χ2n) is 4.39. The summed E-state index contributed by atoms with van der Waals surface area (Å²) in [6.07, 6.45) is 8.28. The van der Waals surface area contributed by atoms with Gasteiger partial charge in [0.1, 0.15) is 4.83 Å². The summed E-state index contributed by atoms with van der Waals surface area (Å²) < 4.78 is 5.31. The average Bonchev–Trinajstić information content (AvgIpc) is 2.27. The highest BCUT2D eigenvalue weighted by Gasteiger charge is 2.19. The van der Waals surface area contributed by atoms with Crippen molar-refractivity contribution in [2.75, 3.05) is 6.61 Å². The standard InChI is InChI=1S/C12H21BrO2/c1-2-6-11(13)12(14)15-9-10-7-4-3-5-8-10/h10-11H,2-9H2,1H3. The van der Waals surface area contributed by atoms with Gasteiger partial charge in [-0.2, -0.15) is 0 Å². The van der Waals surface area contributed by atoms with Crippen LogP contribution in [0.15, 0.2) is 0 Å². The van der Waals surface area contributed by atoms with Crippen molar-refractivity contribution in [2.24, 2.45) is 5.92 Å². The zero-order valence-electron chi connectivity index (χ0n) is 9.51. The highest BCUT2D eigenvalue weighted by atomic mass is 79.9. The summed E-state index contributed by atoms with van der Waals surface area (Å²) >= 11 is 3.35. The predicted octanol–water partition coefficient (Wildman–Crippen LogP) is 3.67. The number of alkyl halides is 1. The van der Waals surface area contributed by atoms with Crippen molar-refractivity contribution in [1.82, 2.24) is 0 Å². The van der Waals surface area contributed by atoms with Crippen LogP contribution in [0.1, 0.15) is 51.9 Å². The van der Waals surface area contributed by atoms with Crippen LogP contribution in [-0.2, 0) is 9.53 Å². The summed E-state index contributed by atoms with van der Waals surface area (Å²) in [6, 6.07) is 0. The Bertz CT molecular complexity index is 188. The van der Waals surface area contributed by atoms with Gasteiger partial charge in [-0.1, -0.05) is 48.5 Å². The van der Waals surface area contributed by atoms with E-state index in [0.29, 0.717) is 12.5 Å². The number of carbonyl (C=O) groups is 1. The fraction of sp³-hybridized carbons (Fsp3) is 0.917. The Balaban J connectivity index is 2.14. The molecule has 0 amide bonds. The van der Waals surface area contributed by atoms with E-state index in [-0.39, 0.29) is 10.8 Å². The molecule has 1 unspecified atom stereocenters. The SMILES string of the molecule is CCCC(Br)C(=O)OCC1CCCCC1. The molecule has 0 bridgehead atoms. The summed E-state index contributed by atoms with van der Waals surface area (Å²) in [5.41, 5.74) is 0. The van der Waals surface area contributed by atoms with Gasteiger partial charge in [0.15, 0.2) is 0 Å². The Labute approximate surface area is 101 Å². The maximum absolute atomic E-state index is 11.5. The number of hydrogen-bond acceptors (Lipinski definition) is 2. The molecule has 0 saturated heterocycles. The number of halogens is 1. The number of esters is 1. The molecule has 0 spiro atoms. The highest BCUT2D eigenvalue weighted by Crippen LogP contribution is 2.24. The van der Waals surface area contributed by atoms with Gasteiger partial charge in [0.2, 0.25) is 0 Å². The smallest absolute Gasteiger partial charge is 0.319 e. The molecule has 1 rings (SSSR count). The van der Waals surface area contributed by atoms with Crippen molar-refractivity contribution in [3.8, 4) is 0 Å². The van der Waals surface area contributed by atoms with Gasteiger partial charge in [0, 0.05) is 0 Å². The van der Waals surface area contributed by atoms with Crippen molar-refractivity contribution >= 4 is 21.9 Å². The molecule has 1 atom stereocenters. The van der Waals surface area contributed by atoms with E-state index in [1.54, 1.807) is 0 Å². The van der Waals surface area contributed by atoms with E-state index in [1.807, 2.05) is 0 Å². The topological polar surface area (TPSA) is 26.3 Å². The molecule has 2 nitrogen and oxygen atoms in total. The minimum absolute atomic E-state index is 0.0811. The molecule has 0 aliphatic heterocycles. The van der Waals surface area contributed by atoms with Gasteiger partial charge in [-0.3, -0.25) is 4.79 Å². The molecular weight excluding hydrogens is 256 g/mol. The van der Waals surface area contributed by atoms with Gasteiger partial charge in [0.05, 0.1) is 6.61 Å². The van der Waals surface area contributed by atoms with Gasteiger partial charge in [0.25, 0.3) is 0 Å². The Hall–Kier alpha value is -0.0500. The van der Waals surface area contributed by atoms with Crippen LogP contribution in [0.4, 0.5) is 0 Å². The fourth-order valence-corrected chi connectivity index (χ4v) is 2.61. The minimum Gasteiger partial charge on any atom is -0.465 e. The van der Waals surface area contributed by atoms with Gasteiger partial charge >= 0.3 is 5.97 Å². The van der Waals surface area contributed by atoms with Crippen LogP contribution < -0.4 is 0 Å². The van der Waals surface area contributed by atoms with E-state index >= 15 is 0 Å². The second kappa shape index (κ2) is 7.26. The molecule has 0 N–H and O–H groups in total. The maximum atomic E-state index is 11.5. The van der Waals surface area contributed by atoms with Crippen molar-refractivity contribution in [1.29, 1.82) is 0 Å². The Morgan fingerprint density at radius 2 is 2.07 bits per heavy atom. The van der Waals surface area contributed by atoms with Gasteiger partial charge in [-0.15, -0.1) is 0 Å². The maximum Gasteiger partial charge on any atom is 0.319 e. The lowest BCUT2D eigenvalue weighted by Crippen LogP contribution is -2.22. The molecule has 0 aromatic heterocycles. The number of carbonyl (C=O) groups excluding carboxylic acids is 1. The van der Waals surface area contributed by atoms with E-state index in [2.05, 4.69) is 22.9 Å². The van der Waals surface area contributed by atoms with Crippen molar-refractivity contribution in [2.45, 2.75) is 56.7 Å². The Kier molecular flexibility index (Phi) is 6.30. The van der Waals surface area contributed by atoms with E-state index in [0.717, 1.165) is 12.8 Å². The normalized spacial score (nSPS) is 19.9. The lowest BCUT2D eigenvalue weighted by Gasteiger charge is -2.21. The predicted molar refractivity (Wildman–Crippen MR) is 65.2 cm³/mol. The van der Waals surface area contributed by atoms with E-state index < -0.39 is 0 Å². The molecule has 0 aromatic rings. The van der Waals surface area contributed by atoms with Crippen LogP contribution in [0.3, 0.4) is 0 Å². The third kappa shape index (κ3) is 5.01. The van der Waals surface area contributed by atoms with Crippen LogP contribution in [0.5, 0.6) is 0 Å². The summed E-state index contributed by atoms with van der Waals surface area (Å²) in [5, 5.41) is 0. The lowest BCUT2D eigenvalue weighted by molar-refractivity contribution is -0.144. The Morgan fingerprint density at radius 3 is 2.67 bits per heavy atom. The third-order valence-corrected chi connectivity index (χ3v) is 3.82. The number of ether oxygens (including phenoxy) is 1. The van der Waals surface area contributed by atoms with Crippen molar-refractivity contribution in [3.05, 3.63) is 0 Å². The molecule has 1 aliphatic carbocycles. The van der Waals surface area contributed by atoms with E-state index in [4.69, 9.17) is 4.74 Å². The molecule has 15 heavy (non-hydrogen) atoms. The van der Waals surface area contributed by atoms with Crippen LogP contribution in [0, 0.1) is 5.92 Å². The molecule has 0 heterocycles. The first-order valence-corrected chi connectivity index (χ1v) is 6.96. The third-order valence-electron chi connectivity index (χ3n) is 2.98. The van der Waals surface area contributed by atoms with Crippen LogP contribution in [0.2, 0.25) is 0 Å². The first-order valence-electron chi connectivity index (χ1n) is 6.04. The van der Waals surface area contributed by atoms with Gasteiger partial charge in [-0.25, -0.2) is 0 Å². The molecule has 1 fully saturated rings. The highest BCUT2D eigenvalue weighted by molar-refractivity contribution is 9.10. The lowest BCUT2D eigenvalue weighted by atomic mass is 9.90. The molecule has 1 aliphatic rings. The zero-order valence-corrected chi connectivity index (χ0v) is 11.1. The molecule has 3 heteroatoms. The van der Waals surface area contributed by atoms with Crippen molar-refractivity contribution in [3.63, 3.8) is 0 Å². The first-order chi connectivity index (χ1) is 7.24. The van der Waals surface area contributed by atoms with E-state index in [1.165, 1.54) is 32.1 Å². The summed E-state index contributed by atoms with van der Waals surface area (Å²) in [5.74, 6) is 0.534. The quantitative estimate of drug-likeness (QED) is 0.566. The minimum atomic E-state index is -0.105. The average molecular weight is 277 g/mol. The molecule has 1 saturated carbocycles. The molecule has 88 valence electrons. The molecule has 0 aromatic carbocycles. The fourth-order valence-electron chi connectivity index (χ4n) is 2.02. The number of hydrogen-bond donors (Lipinski definition) is 0. The van der Waals surface area contributed by atoms with Gasteiger partial charge < -0.3 is 4.74 Å². The monoisotopic (exact) mass is 276 g/mol. The van der Waals surface area contributed by atoms with E-state index in [9.17, 15) is 4.79 Å². The summed E-state index contributed by atoms with van der Waals surface area (Å²) in [6.45, 7) is 2.70. The second-order valence-corrected chi connectivity index (χ2v) is 5.50. The molecular formula is C12H21BrO2. The van der Waals surface area contributed by atoms with Crippen LogP contribution in [-0.4, -0.2) is 17.4 Å². The Morgan fingerprint density at radius 1 is 1.40 bits per heavy atom. The van der Waals surface area contributed by atoms with Crippen LogP contribution >= 0.6 is 15.9 Å². The molecule has 0 radical (unpaired) electrons. The van der Waals surface area contributed by atoms with Crippen molar-refractivity contribution < 1.29 is 9.53 Å². The summed E-state index contributed by atoms with van der Waals surface area (Å²) in [7, 11) is 0.